The number of rotatable bonds is 10. The molecule has 1 fully saturated rings. The lowest BCUT2D eigenvalue weighted by atomic mass is 9.95. The predicted octanol–water partition coefficient (Wildman–Crippen LogP) is 3.48. The summed E-state index contributed by atoms with van der Waals surface area (Å²) in [5.74, 6) is 0.0359. The van der Waals surface area contributed by atoms with Gasteiger partial charge in [0.25, 0.3) is 11.7 Å². The molecule has 0 saturated carbocycles. The predicted molar refractivity (Wildman–Crippen MR) is 129 cm³/mol. The minimum absolute atomic E-state index is 0.0435. The third kappa shape index (κ3) is 4.87. The summed E-state index contributed by atoms with van der Waals surface area (Å²) in [5.41, 5.74) is 1.11. The number of hydrogen-bond acceptors (Lipinski definition) is 7. The molecule has 0 aromatic heterocycles. The van der Waals surface area contributed by atoms with Crippen molar-refractivity contribution in [3.8, 4) is 17.2 Å². The Kier molecular flexibility index (Phi) is 8.17. The number of methoxy groups -OCH3 is 3. The van der Waals surface area contributed by atoms with Crippen LogP contribution >= 0.6 is 0 Å². The van der Waals surface area contributed by atoms with Crippen molar-refractivity contribution in [1.82, 2.24) is 9.80 Å². The van der Waals surface area contributed by atoms with E-state index >= 15 is 0 Å². The first-order chi connectivity index (χ1) is 16.4. The van der Waals surface area contributed by atoms with E-state index in [9.17, 15) is 14.7 Å². The number of likely N-dealkylation sites (N-methyl/N-ethyl adjacent to an activating group) is 1. The topological polar surface area (TPSA) is 88.5 Å². The van der Waals surface area contributed by atoms with Crippen LogP contribution in [-0.4, -0.2) is 74.1 Å². The second kappa shape index (κ2) is 11.1. The molecular formula is C26H32N2O6. The van der Waals surface area contributed by atoms with Gasteiger partial charge in [0.2, 0.25) is 0 Å². The third-order valence-electron chi connectivity index (χ3n) is 6.18. The van der Waals surface area contributed by atoms with Gasteiger partial charge in [0.05, 0.1) is 32.9 Å². The number of likely N-dealkylation sites (tertiary alicyclic amines) is 1. The molecule has 1 aliphatic rings. The lowest BCUT2D eigenvalue weighted by Crippen LogP contribution is -2.38. The maximum Gasteiger partial charge on any atom is 0.295 e. The molecule has 1 amide bonds. The molecule has 0 radical (unpaired) electrons. The fraction of sp³-hybridized carbons (Fsp3) is 0.385. The number of ether oxygens (including phenoxy) is 3. The molecule has 1 saturated heterocycles. The molecule has 34 heavy (non-hydrogen) atoms. The van der Waals surface area contributed by atoms with E-state index in [-0.39, 0.29) is 11.3 Å². The van der Waals surface area contributed by atoms with Crippen molar-refractivity contribution in [2.75, 3.05) is 47.5 Å². The Morgan fingerprint density at radius 2 is 1.59 bits per heavy atom. The second-order valence-corrected chi connectivity index (χ2v) is 7.86. The fourth-order valence-electron chi connectivity index (χ4n) is 4.17. The second-order valence-electron chi connectivity index (χ2n) is 7.86. The summed E-state index contributed by atoms with van der Waals surface area (Å²) in [7, 11) is 4.61. The van der Waals surface area contributed by atoms with Crippen molar-refractivity contribution in [3.05, 3.63) is 59.2 Å². The lowest BCUT2D eigenvalue weighted by molar-refractivity contribution is -0.140. The summed E-state index contributed by atoms with van der Waals surface area (Å²) in [6.45, 7) is 6.69. The highest BCUT2D eigenvalue weighted by Crippen LogP contribution is 2.42. The molecule has 1 atom stereocenters. The number of benzene rings is 2. The van der Waals surface area contributed by atoms with Crippen LogP contribution in [0.2, 0.25) is 0 Å². The number of amides is 1. The molecule has 2 aromatic rings. The summed E-state index contributed by atoms with van der Waals surface area (Å²) in [4.78, 5) is 30.0. The molecule has 3 rings (SSSR count). The summed E-state index contributed by atoms with van der Waals surface area (Å²) >= 11 is 0. The van der Waals surface area contributed by atoms with E-state index in [4.69, 9.17) is 14.2 Å². The van der Waals surface area contributed by atoms with Gasteiger partial charge in [0.1, 0.15) is 11.5 Å². The molecule has 0 unspecified atom stereocenters. The van der Waals surface area contributed by atoms with Crippen LogP contribution in [0.3, 0.4) is 0 Å². The maximum atomic E-state index is 13.2. The van der Waals surface area contributed by atoms with E-state index in [1.54, 1.807) is 49.6 Å². The summed E-state index contributed by atoms with van der Waals surface area (Å²) in [6, 6.07) is 11.2. The largest absolute Gasteiger partial charge is 0.507 e. The van der Waals surface area contributed by atoms with Crippen LogP contribution in [0.4, 0.5) is 0 Å². The van der Waals surface area contributed by atoms with Gasteiger partial charge < -0.3 is 29.1 Å². The van der Waals surface area contributed by atoms with Crippen LogP contribution in [-0.2, 0) is 9.59 Å². The van der Waals surface area contributed by atoms with Crippen LogP contribution in [0.1, 0.15) is 31.0 Å². The molecule has 8 heteroatoms. The summed E-state index contributed by atoms with van der Waals surface area (Å²) in [5, 5.41) is 11.2. The van der Waals surface area contributed by atoms with Gasteiger partial charge in [0, 0.05) is 18.7 Å². The van der Waals surface area contributed by atoms with Gasteiger partial charge in [-0.2, -0.15) is 0 Å². The maximum absolute atomic E-state index is 13.2. The van der Waals surface area contributed by atoms with E-state index in [2.05, 4.69) is 4.90 Å². The highest BCUT2D eigenvalue weighted by Gasteiger charge is 2.46. The van der Waals surface area contributed by atoms with Gasteiger partial charge in [0.15, 0.2) is 11.5 Å². The van der Waals surface area contributed by atoms with Crippen molar-refractivity contribution in [3.63, 3.8) is 0 Å². The number of Topliss-reactive ketones (excluding diaryl/α,β-unsaturated/α-hetero) is 1. The number of nitrogens with zero attached hydrogens (tertiary/aromatic N) is 2. The van der Waals surface area contributed by atoms with Crippen LogP contribution in [0.25, 0.3) is 5.76 Å². The highest BCUT2D eigenvalue weighted by molar-refractivity contribution is 6.46. The molecule has 0 bridgehead atoms. The van der Waals surface area contributed by atoms with Crippen LogP contribution in [0.15, 0.2) is 48.0 Å². The standard InChI is InChI=1S/C26H32N2O6/c1-6-27(7-2)14-15-28-23(18-10-13-20(33-4)21(16-18)34-5)22(25(30)26(28)31)24(29)17-8-11-19(32-3)12-9-17/h8-13,16,23,29H,6-7,14-15H2,1-5H3/t23-/m0/s1. The Morgan fingerprint density at radius 3 is 2.15 bits per heavy atom. The normalized spacial score (nSPS) is 17.4. The van der Waals surface area contributed by atoms with E-state index in [1.165, 1.54) is 19.1 Å². The smallest absolute Gasteiger partial charge is 0.295 e. The van der Waals surface area contributed by atoms with Gasteiger partial charge in [-0.1, -0.05) is 19.9 Å². The Bertz CT molecular complexity index is 1060. The molecule has 8 nitrogen and oxygen atoms in total. The molecular weight excluding hydrogens is 436 g/mol. The minimum Gasteiger partial charge on any atom is -0.507 e. The van der Waals surface area contributed by atoms with Crippen molar-refractivity contribution in [2.24, 2.45) is 0 Å². The average Bonchev–Trinajstić information content (AvgIpc) is 3.13. The van der Waals surface area contributed by atoms with Gasteiger partial charge in [-0.3, -0.25) is 9.59 Å². The molecule has 1 aliphatic heterocycles. The number of carbonyl (C=O) groups excluding carboxylic acids is 2. The number of carbonyl (C=O) groups is 2. The average molecular weight is 469 g/mol. The molecule has 2 aromatic carbocycles. The Labute approximate surface area is 200 Å². The van der Waals surface area contributed by atoms with E-state index in [0.29, 0.717) is 41.5 Å². The third-order valence-corrected chi connectivity index (χ3v) is 6.18. The number of aliphatic hydroxyl groups excluding tert-OH is 1. The first-order valence-electron chi connectivity index (χ1n) is 11.3. The lowest BCUT2D eigenvalue weighted by Gasteiger charge is -2.28. The van der Waals surface area contributed by atoms with Gasteiger partial charge in [-0.25, -0.2) is 0 Å². The molecule has 182 valence electrons. The van der Waals surface area contributed by atoms with Crippen molar-refractivity contribution in [1.29, 1.82) is 0 Å². The Morgan fingerprint density at radius 1 is 0.941 bits per heavy atom. The SMILES string of the molecule is CCN(CC)CCN1C(=O)C(=O)C(=C(O)c2ccc(OC)cc2)[C@@H]1c1ccc(OC)c(OC)c1. The fourth-order valence-corrected chi connectivity index (χ4v) is 4.17. The Hall–Kier alpha value is -3.52. The first-order valence-corrected chi connectivity index (χ1v) is 11.3. The number of aliphatic hydroxyl groups is 1. The quantitative estimate of drug-likeness (QED) is 0.324. The van der Waals surface area contributed by atoms with Gasteiger partial charge >= 0.3 is 0 Å². The van der Waals surface area contributed by atoms with E-state index < -0.39 is 17.7 Å². The molecule has 0 spiro atoms. The van der Waals surface area contributed by atoms with Gasteiger partial charge in [-0.05, 0) is 55.1 Å². The van der Waals surface area contributed by atoms with E-state index in [1.807, 2.05) is 13.8 Å². The zero-order chi connectivity index (χ0) is 24.8. The van der Waals surface area contributed by atoms with Gasteiger partial charge in [-0.15, -0.1) is 0 Å². The number of hydrogen-bond donors (Lipinski definition) is 1. The molecule has 0 aliphatic carbocycles. The zero-order valence-corrected chi connectivity index (χ0v) is 20.3. The summed E-state index contributed by atoms with van der Waals surface area (Å²) in [6.07, 6.45) is 0. The Balaban J connectivity index is 2.13. The molecule has 1 N–H and O–H groups in total. The minimum atomic E-state index is -0.766. The van der Waals surface area contributed by atoms with Crippen LogP contribution in [0.5, 0.6) is 17.2 Å². The zero-order valence-electron chi connectivity index (χ0n) is 20.3. The number of ketones is 1. The van der Waals surface area contributed by atoms with Crippen molar-refractivity contribution < 1.29 is 28.9 Å². The summed E-state index contributed by atoms with van der Waals surface area (Å²) < 4.78 is 16.0. The van der Waals surface area contributed by atoms with Crippen LogP contribution in [0, 0.1) is 0 Å². The van der Waals surface area contributed by atoms with Crippen molar-refractivity contribution >= 4 is 17.4 Å². The monoisotopic (exact) mass is 468 g/mol. The highest BCUT2D eigenvalue weighted by atomic mass is 16.5. The molecule has 1 heterocycles. The van der Waals surface area contributed by atoms with Crippen LogP contribution < -0.4 is 14.2 Å². The van der Waals surface area contributed by atoms with Crippen molar-refractivity contribution in [2.45, 2.75) is 19.9 Å². The first kappa shape index (κ1) is 25.1. The van der Waals surface area contributed by atoms with E-state index in [0.717, 1.165) is 13.1 Å².